The van der Waals surface area contributed by atoms with Gasteiger partial charge in [-0.1, -0.05) is 5.57 Å². The number of nitrogens with one attached hydrogen (secondary N) is 1. The summed E-state index contributed by atoms with van der Waals surface area (Å²) in [4.78, 5) is 0. The van der Waals surface area contributed by atoms with Gasteiger partial charge >= 0.3 is 0 Å². The minimum Gasteiger partial charge on any atom is -0.326 e. The number of hydrogen-bond acceptors (Lipinski definition) is 2. The number of hydrogen-bond donors (Lipinski definition) is 2. The quantitative estimate of drug-likeness (QED) is 0.513. The molecule has 0 fully saturated rings. The number of nitrogens with two attached hydrogens (primary N) is 1. The van der Waals surface area contributed by atoms with Crippen LogP contribution in [0, 0.1) is 5.41 Å². The van der Waals surface area contributed by atoms with E-state index in [1.54, 1.807) is 0 Å². The van der Waals surface area contributed by atoms with Gasteiger partial charge in [0, 0.05) is 12.8 Å². The molecule has 0 atom stereocenters. The second-order valence-electron chi connectivity index (χ2n) is 1.87. The fourth-order valence-corrected chi connectivity index (χ4v) is 0.407. The second kappa shape index (κ2) is 3.38. The van der Waals surface area contributed by atoms with Gasteiger partial charge in [-0.3, -0.25) is 0 Å². The first-order valence-corrected chi connectivity index (χ1v) is 2.59. The molecule has 0 radical (unpaired) electrons. The SMILES string of the molecule is CC(C)=C(C=N)CN. The molecule has 0 aromatic rings. The predicted octanol–water partition coefficient (Wildman–Crippen LogP) is 0.931. The third kappa shape index (κ3) is 1.89. The molecule has 2 heteroatoms. The number of allylic oxidation sites excluding steroid dienone is 1. The van der Waals surface area contributed by atoms with Crippen LogP contribution in [0.1, 0.15) is 13.8 Å². The molecule has 0 aromatic heterocycles. The van der Waals surface area contributed by atoms with Crippen LogP contribution in [0.4, 0.5) is 0 Å². The minimum absolute atomic E-state index is 0.478. The fraction of sp³-hybridized carbons (Fsp3) is 0.500. The Labute approximate surface area is 49.9 Å². The monoisotopic (exact) mass is 112 g/mol. The van der Waals surface area contributed by atoms with Crippen LogP contribution in [-0.4, -0.2) is 12.8 Å². The highest BCUT2D eigenvalue weighted by atomic mass is 14.5. The van der Waals surface area contributed by atoms with Crippen molar-refractivity contribution in [2.75, 3.05) is 6.54 Å². The zero-order valence-corrected chi connectivity index (χ0v) is 5.36. The summed E-state index contributed by atoms with van der Waals surface area (Å²) < 4.78 is 0. The Hall–Kier alpha value is -0.630. The van der Waals surface area contributed by atoms with Gasteiger partial charge in [0.05, 0.1) is 0 Å². The zero-order valence-electron chi connectivity index (χ0n) is 5.36. The largest absolute Gasteiger partial charge is 0.326 e. The van der Waals surface area contributed by atoms with Gasteiger partial charge in [0.15, 0.2) is 0 Å². The van der Waals surface area contributed by atoms with Gasteiger partial charge < -0.3 is 11.1 Å². The summed E-state index contributed by atoms with van der Waals surface area (Å²) in [5.74, 6) is 0. The van der Waals surface area contributed by atoms with Crippen molar-refractivity contribution < 1.29 is 0 Å². The Bertz CT molecular complexity index is 110. The van der Waals surface area contributed by atoms with E-state index in [0.717, 1.165) is 11.1 Å². The van der Waals surface area contributed by atoms with Crippen molar-refractivity contribution in [3.05, 3.63) is 11.1 Å². The predicted molar refractivity (Wildman–Crippen MR) is 36.2 cm³/mol. The highest BCUT2D eigenvalue weighted by molar-refractivity contribution is 5.77. The molecule has 0 unspecified atom stereocenters. The summed E-state index contributed by atoms with van der Waals surface area (Å²) in [6.07, 6.45) is 1.30. The molecule has 0 aliphatic rings. The van der Waals surface area contributed by atoms with Crippen LogP contribution >= 0.6 is 0 Å². The van der Waals surface area contributed by atoms with E-state index in [1.165, 1.54) is 6.21 Å². The van der Waals surface area contributed by atoms with Crippen LogP contribution in [0.15, 0.2) is 11.1 Å². The Morgan fingerprint density at radius 1 is 1.62 bits per heavy atom. The third-order valence-corrected chi connectivity index (χ3v) is 1.04. The van der Waals surface area contributed by atoms with Crippen LogP contribution in [0.5, 0.6) is 0 Å². The van der Waals surface area contributed by atoms with Crippen molar-refractivity contribution in [1.29, 1.82) is 5.41 Å². The first-order chi connectivity index (χ1) is 3.72. The molecule has 0 saturated heterocycles. The number of rotatable bonds is 2. The molecule has 46 valence electrons. The molecule has 0 amide bonds. The van der Waals surface area contributed by atoms with Crippen molar-refractivity contribution in [2.24, 2.45) is 5.73 Å². The van der Waals surface area contributed by atoms with E-state index in [9.17, 15) is 0 Å². The standard InChI is InChI=1S/C6H12N2/c1-5(2)6(3-7)4-8/h3,7H,4,8H2,1-2H3. The molecular formula is C6H12N2. The van der Waals surface area contributed by atoms with Gasteiger partial charge in [-0.15, -0.1) is 0 Å². The summed E-state index contributed by atoms with van der Waals surface area (Å²) in [7, 11) is 0. The van der Waals surface area contributed by atoms with Crippen molar-refractivity contribution in [3.8, 4) is 0 Å². The normalized spacial score (nSPS) is 8.38. The highest BCUT2D eigenvalue weighted by Gasteiger charge is 1.88. The van der Waals surface area contributed by atoms with Crippen molar-refractivity contribution in [2.45, 2.75) is 13.8 Å². The molecular weight excluding hydrogens is 100 g/mol. The van der Waals surface area contributed by atoms with Crippen LogP contribution in [0.2, 0.25) is 0 Å². The molecule has 2 nitrogen and oxygen atoms in total. The third-order valence-electron chi connectivity index (χ3n) is 1.04. The topological polar surface area (TPSA) is 49.9 Å². The van der Waals surface area contributed by atoms with E-state index < -0.39 is 0 Å². The highest BCUT2D eigenvalue weighted by Crippen LogP contribution is 1.95. The van der Waals surface area contributed by atoms with Gasteiger partial charge in [0.2, 0.25) is 0 Å². The summed E-state index contributed by atoms with van der Waals surface area (Å²) in [6.45, 7) is 4.38. The van der Waals surface area contributed by atoms with Crippen molar-refractivity contribution in [3.63, 3.8) is 0 Å². The fourth-order valence-electron chi connectivity index (χ4n) is 0.407. The van der Waals surface area contributed by atoms with Crippen LogP contribution < -0.4 is 5.73 Å². The molecule has 0 heterocycles. The summed E-state index contributed by atoms with van der Waals surface area (Å²) >= 11 is 0. The second-order valence-corrected chi connectivity index (χ2v) is 1.87. The lowest BCUT2D eigenvalue weighted by molar-refractivity contribution is 1.16. The first kappa shape index (κ1) is 7.37. The van der Waals surface area contributed by atoms with E-state index in [0.29, 0.717) is 6.54 Å². The van der Waals surface area contributed by atoms with E-state index in [2.05, 4.69) is 0 Å². The molecule has 0 saturated carbocycles. The van der Waals surface area contributed by atoms with E-state index in [1.807, 2.05) is 13.8 Å². The van der Waals surface area contributed by atoms with Crippen LogP contribution in [0.3, 0.4) is 0 Å². The maximum atomic E-state index is 6.83. The van der Waals surface area contributed by atoms with E-state index in [-0.39, 0.29) is 0 Å². The zero-order chi connectivity index (χ0) is 6.57. The molecule has 0 aromatic carbocycles. The summed E-state index contributed by atoms with van der Waals surface area (Å²) in [5, 5.41) is 6.83. The van der Waals surface area contributed by atoms with Crippen LogP contribution in [0.25, 0.3) is 0 Å². The Kier molecular flexibility index (Phi) is 3.12. The lowest BCUT2D eigenvalue weighted by Gasteiger charge is -1.95. The maximum absolute atomic E-state index is 6.83. The Morgan fingerprint density at radius 3 is 2.12 bits per heavy atom. The molecule has 3 N–H and O–H groups in total. The summed E-state index contributed by atoms with van der Waals surface area (Å²) in [5.41, 5.74) is 7.32. The smallest absolute Gasteiger partial charge is 0.0222 e. The molecule has 0 bridgehead atoms. The average Bonchev–Trinajstić information content (AvgIpc) is 1.69. The van der Waals surface area contributed by atoms with Gasteiger partial charge in [0.25, 0.3) is 0 Å². The maximum Gasteiger partial charge on any atom is 0.0222 e. The van der Waals surface area contributed by atoms with Gasteiger partial charge in [-0.2, -0.15) is 0 Å². The Balaban J connectivity index is 4.07. The van der Waals surface area contributed by atoms with Crippen molar-refractivity contribution in [1.82, 2.24) is 0 Å². The van der Waals surface area contributed by atoms with E-state index in [4.69, 9.17) is 11.1 Å². The van der Waals surface area contributed by atoms with Crippen molar-refractivity contribution >= 4 is 6.21 Å². The van der Waals surface area contributed by atoms with E-state index >= 15 is 0 Å². The molecule has 8 heavy (non-hydrogen) atoms. The van der Waals surface area contributed by atoms with Gasteiger partial charge in [0.1, 0.15) is 0 Å². The van der Waals surface area contributed by atoms with Gasteiger partial charge in [-0.05, 0) is 19.4 Å². The average molecular weight is 112 g/mol. The lowest BCUT2D eigenvalue weighted by atomic mass is 10.2. The first-order valence-electron chi connectivity index (χ1n) is 2.59. The molecule has 0 aliphatic heterocycles. The molecule has 0 aliphatic carbocycles. The van der Waals surface area contributed by atoms with Gasteiger partial charge in [-0.25, -0.2) is 0 Å². The summed E-state index contributed by atoms with van der Waals surface area (Å²) in [6, 6.07) is 0. The van der Waals surface area contributed by atoms with Crippen LogP contribution in [-0.2, 0) is 0 Å². The molecule has 0 rings (SSSR count). The Morgan fingerprint density at radius 2 is 2.12 bits per heavy atom. The lowest BCUT2D eigenvalue weighted by Crippen LogP contribution is -2.04. The minimum atomic E-state index is 0.478. The molecule has 0 spiro atoms.